The van der Waals surface area contributed by atoms with Gasteiger partial charge < -0.3 is 10.4 Å². The lowest BCUT2D eigenvalue weighted by Crippen LogP contribution is -2.27. The Balaban J connectivity index is 2.20. The standard InChI is InChI=1S/C10H13N3O2S/c1-16-9-7(10(14)15)5-8(12-13-9)11-6-3-2-4-6/h5-6H,2-4H2,1H3,(H,11,12)(H,14,15). The monoisotopic (exact) mass is 239 g/mol. The van der Waals surface area contributed by atoms with E-state index in [1.165, 1.54) is 18.2 Å². The number of hydrogen-bond acceptors (Lipinski definition) is 5. The van der Waals surface area contributed by atoms with E-state index in [4.69, 9.17) is 5.11 Å². The van der Waals surface area contributed by atoms with E-state index in [9.17, 15) is 4.79 Å². The van der Waals surface area contributed by atoms with Crippen LogP contribution in [-0.2, 0) is 0 Å². The summed E-state index contributed by atoms with van der Waals surface area (Å²) in [4.78, 5) is 11.0. The molecule has 16 heavy (non-hydrogen) atoms. The van der Waals surface area contributed by atoms with Gasteiger partial charge in [0, 0.05) is 6.04 Å². The molecule has 0 aliphatic heterocycles. The molecule has 86 valence electrons. The van der Waals surface area contributed by atoms with Crippen LogP contribution in [0.1, 0.15) is 29.6 Å². The van der Waals surface area contributed by atoms with E-state index >= 15 is 0 Å². The van der Waals surface area contributed by atoms with Gasteiger partial charge in [-0.05, 0) is 31.6 Å². The Hall–Kier alpha value is -1.30. The molecule has 1 aliphatic rings. The third-order valence-electron chi connectivity index (χ3n) is 2.64. The Bertz CT molecular complexity index is 407. The summed E-state index contributed by atoms with van der Waals surface area (Å²) in [7, 11) is 0. The van der Waals surface area contributed by atoms with E-state index in [0.717, 1.165) is 12.8 Å². The molecule has 0 spiro atoms. The zero-order chi connectivity index (χ0) is 11.5. The Labute approximate surface area is 97.7 Å². The van der Waals surface area contributed by atoms with E-state index in [-0.39, 0.29) is 5.56 Å². The first-order valence-electron chi connectivity index (χ1n) is 5.12. The number of thioether (sulfide) groups is 1. The van der Waals surface area contributed by atoms with E-state index < -0.39 is 5.97 Å². The molecule has 2 N–H and O–H groups in total. The third-order valence-corrected chi connectivity index (χ3v) is 3.33. The van der Waals surface area contributed by atoms with Crippen molar-refractivity contribution in [1.82, 2.24) is 10.2 Å². The molecule has 0 saturated heterocycles. The van der Waals surface area contributed by atoms with E-state index in [2.05, 4.69) is 15.5 Å². The SMILES string of the molecule is CSc1nnc(NC2CCC2)cc1C(=O)O. The van der Waals surface area contributed by atoms with Crippen LogP contribution in [0.15, 0.2) is 11.1 Å². The average molecular weight is 239 g/mol. The molecule has 0 amide bonds. The van der Waals surface area contributed by atoms with Crippen molar-refractivity contribution in [1.29, 1.82) is 0 Å². The fraction of sp³-hybridized carbons (Fsp3) is 0.500. The van der Waals surface area contributed by atoms with Crippen LogP contribution in [0.3, 0.4) is 0 Å². The van der Waals surface area contributed by atoms with Crippen molar-refractivity contribution in [3.05, 3.63) is 11.6 Å². The molecular weight excluding hydrogens is 226 g/mol. The van der Waals surface area contributed by atoms with Gasteiger partial charge in [0.15, 0.2) is 0 Å². The smallest absolute Gasteiger partial charge is 0.338 e. The molecule has 0 aromatic carbocycles. The summed E-state index contributed by atoms with van der Waals surface area (Å²) in [6.07, 6.45) is 5.25. The minimum Gasteiger partial charge on any atom is -0.478 e. The summed E-state index contributed by atoms with van der Waals surface area (Å²) in [6, 6.07) is 1.98. The number of carboxylic acid groups (broad SMARTS) is 1. The van der Waals surface area contributed by atoms with Gasteiger partial charge in [-0.25, -0.2) is 4.79 Å². The van der Waals surface area contributed by atoms with Crippen LogP contribution in [0, 0.1) is 0 Å². The molecule has 0 radical (unpaired) electrons. The Kier molecular flexibility index (Phi) is 3.28. The van der Waals surface area contributed by atoms with Crippen LogP contribution >= 0.6 is 11.8 Å². The second-order valence-electron chi connectivity index (χ2n) is 3.73. The molecule has 0 unspecified atom stereocenters. The highest BCUT2D eigenvalue weighted by Gasteiger charge is 2.19. The maximum Gasteiger partial charge on any atom is 0.338 e. The van der Waals surface area contributed by atoms with Crippen molar-refractivity contribution in [3.63, 3.8) is 0 Å². The predicted molar refractivity (Wildman–Crippen MR) is 62.0 cm³/mol. The largest absolute Gasteiger partial charge is 0.478 e. The highest BCUT2D eigenvalue weighted by atomic mass is 32.2. The lowest BCUT2D eigenvalue weighted by atomic mass is 9.93. The maximum absolute atomic E-state index is 11.0. The Morgan fingerprint density at radius 3 is 2.81 bits per heavy atom. The van der Waals surface area contributed by atoms with Gasteiger partial charge in [0.1, 0.15) is 10.8 Å². The van der Waals surface area contributed by atoms with Gasteiger partial charge >= 0.3 is 5.97 Å². The molecular formula is C10H13N3O2S. The normalized spacial score (nSPS) is 15.6. The maximum atomic E-state index is 11.0. The van der Waals surface area contributed by atoms with Crippen molar-refractivity contribution in [2.75, 3.05) is 11.6 Å². The van der Waals surface area contributed by atoms with Crippen LogP contribution in [0.5, 0.6) is 0 Å². The van der Waals surface area contributed by atoms with Crippen LogP contribution in [0.25, 0.3) is 0 Å². The minimum absolute atomic E-state index is 0.212. The van der Waals surface area contributed by atoms with Gasteiger partial charge in [-0.15, -0.1) is 22.0 Å². The molecule has 1 fully saturated rings. The summed E-state index contributed by atoms with van der Waals surface area (Å²) in [5.74, 6) is -0.407. The van der Waals surface area contributed by atoms with Gasteiger partial charge in [-0.3, -0.25) is 0 Å². The topological polar surface area (TPSA) is 75.1 Å². The number of nitrogens with one attached hydrogen (secondary N) is 1. The van der Waals surface area contributed by atoms with E-state index in [1.54, 1.807) is 12.3 Å². The first kappa shape index (κ1) is 11.2. The highest BCUT2D eigenvalue weighted by molar-refractivity contribution is 7.98. The van der Waals surface area contributed by atoms with E-state index in [0.29, 0.717) is 16.9 Å². The van der Waals surface area contributed by atoms with Crippen LogP contribution < -0.4 is 5.32 Å². The van der Waals surface area contributed by atoms with E-state index in [1.807, 2.05) is 0 Å². The van der Waals surface area contributed by atoms with Crippen LogP contribution in [-0.4, -0.2) is 33.6 Å². The molecule has 1 aromatic heterocycles. The lowest BCUT2D eigenvalue weighted by Gasteiger charge is -2.26. The molecule has 1 aliphatic carbocycles. The molecule has 6 heteroatoms. The summed E-state index contributed by atoms with van der Waals surface area (Å²) in [5.41, 5.74) is 0.212. The molecule has 1 aromatic rings. The predicted octanol–water partition coefficient (Wildman–Crippen LogP) is 1.86. The van der Waals surface area contributed by atoms with Gasteiger partial charge in [0.2, 0.25) is 0 Å². The third kappa shape index (κ3) is 2.27. The fourth-order valence-electron chi connectivity index (χ4n) is 1.52. The summed E-state index contributed by atoms with van der Waals surface area (Å²) >= 11 is 1.29. The number of carbonyl (C=O) groups is 1. The van der Waals surface area contributed by atoms with Crippen LogP contribution in [0.4, 0.5) is 5.82 Å². The molecule has 0 atom stereocenters. The Morgan fingerprint density at radius 1 is 1.56 bits per heavy atom. The van der Waals surface area contributed by atoms with Crippen molar-refractivity contribution in [3.8, 4) is 0 Å². The number of nitrogens with zero attached hydrogens (tertiary/aromatic N) is 2. The summed E-state index contributed by atoms with van der Waals surface area (Å²) in [5, 5.41) is 20.5. The van der Waals surface area contributed by atoms with Gasteiger partial charge in [0.05, 0.1) is 5.56 Å². The number of anilines is 1. The zero-order valence-electron chi connectivity index (χ0n) is 8.93. The number of hydrogen-bond donors (Lipinski definition) is 2. The Morgan fingerprint density at radius 2 is 2.31 bits per heavy atom. The van der Waals surface area contributed by atoms with Crippen LogP contribution in [0.2, 0.25) is 0 Å². The number of aromatic nitrogens is 2. The van der Waals surface area contributed by atoms with Crippen molar-refractivity contribution >= 4 is 23.5 Å². The quantitative estimate of drug-likeness (QED) is 0.781. The second-order valence-corrected chi connectivity index (χ2v) is 4.52. The van der Waals surface area contributed by atoms with Crippen molar-refractivity contribution in [2.24, 2.45) is 0 Å². The van der Waals surface area contributed by atoms with Crippen molar-refractivity contribution < 1.29 is 9.90 Å². The average Bonchev–Trinajstić information content (AvgIpc) is 2.23. The first-order valence-corrected chi connectivity index (χ1v) is 6.34. The second kappa shape index (κ2) is 4.69. The number of carboxylic acids is 1. The number of rotatable bonds is 4. The zero-order valence-corrected chi connectivity index (χ0v) is 9.75. The highest BCUT2D eigenvalue weighted by Crippen LogP contribution is 2.24. The number of aromatic carboxylic acids is 1. The summed E-state index contributed by atoms with van der Waals surface area (Å²) in [6.45, 7) is 0. The molecule has 1 saturated carbocycles. The summed E-state index contributed by atoms with van der Waals surface area (Å²) < 4.78 is 0. The van der Waals surface area contributed by atoms with Gasteiger partial charge in [-0.2, -0.15) is 0 Å². The van der Waals surface area contributed by atoms with Crippen molar-refractivity contribution in [2.45, 2.75) is 30.3 Å². The first-order chi connectivity index (χ1) is 7.70. The fourth-order valence-corrected chi connectivity index (χ4v) is 2.01. The lowest BCUT2D eigenvalue weighted by molar-refractivity contribution is 0.0692. The molecule has 1 heterocycles. The molecule has 5 nitrogen and oxygen atoms in total. The van der Waals surface area contributed by atoms with Gasteiger partial charge in [0.25, 0.3) is 0 Å². The molecule has 0 bridgehead atoms. The minimum atomic E-state index is -0.962. The van der Waals surface area contributed by atoms with Gasteiger partial charge in [-0.1, -0.05) is 0 Å². The molecule has 2 rings (SSSR count).